The van der Waals surface area contributed by atoms with Gasteiger partial charge in [-0.2, -0.15) is 8.42 Å². The number of amides is 1. The minimum absolute atomic E-state index is 0.0724. The summed E-state index contributed by atoms with van der Waals surface area (Å²) in [5.74, 6) is 0.689. The molecule has 0 aliphatic heterocycles. The first-order chi connectivity index (χ1) is 10.9. The molecule has 0 saturated carbocycles. The molecule has 1 aromatic carbocycles. The van der Waals surface area contributed by atoms with Gasteiger partial charge in [-0.05, 0) is 30.5 Å². The van der Waals surface area contributed by atoms with Crippen molar-refractivity contribution in [3.05, 3.63) is 29.8 Å². The van der Waals surface area contributed by atoms with Crippen LogP contribution in [-0.2, 0) is 21.5 Å². The molecular weight excluding hydrogens is 326 g/mol. The highest BCUT2D eigenvalue weighted by Crippen LogP contribution is 2.21. The molecule has 0 spiro atoms. The molecule has 0 heterocycles. The van der Waals surface area contributed by atoms with Crippen LogP contribution < -0.4 is 4.18 Å². The zero-order valence-corrected chi connectivity index (χ0v) is 16.3. The Bertz CT molecular complexity index is 643. The second-order valence-corrected chi connectivity index (χ2v) is 9.26. The van der Waals surface area contributed by atoms with Gasteiger partial charge in [-0.1, -0.05) is 46.8 Å². The molecule has 0 radical (unpaired) electrons. The summed E-state index contributed by atoms with van der Waals surface area (Å²) in [6.45, 7) is 12.6. The topological polar surface area (TPSA) is 63.7 Å². The van der Waals surface area contributed by atoms with Crippen LogP contribution in [0.4, 0.5) is 0 Å². The van der Waals surface area contributed by atoms with Crippen LogP contribution in [0.15, 0.2) is 24.3 Å². The molecule has 0 atom stereocenters. The van der Waals surface area contributed by atoms with Crippen LogP contribution in [0.3, 0.4) is 0 Å². The van der Waals surface area contributed by atoms with E-state index in [2.05, 4.69) is 13.8 Å². The van der Waals surface area contributed by atoms with Crippen molar-refractivity contribution >= 4 is 16.0 Å². The monoisotopic (exact) mass is 355 g/mol. The summed E-state index contributed by atoms with van der Waals surface area (Å²) in [7, 11) is -3.52. The van der Waals surface area contributed by atoms with Gasteiger partial charge in [0.1, 0.15) is 5.75 Å². The van der Waals surface area contributed by atoms with E-state index < -0.39 is 15.5 Å². The van der Waals surface area contributed by atoms with Crippen LogP contribution in [0.2, 0.25) is 0 Å². The van der Waals surface area contributed by atoms with Crippen LogP contribution in [0, 0.1) is 11.3 Å². The van der Waals surface area contributed by atoms with Gasteiger partial charge in [-0.3, -0.25) is 4.79 Å². The van der Waals surface area contributed by atoms with Crippen molar-refractivity contribution in [2.75, 3.05) is 12.3 Å². The third kappa shape index (κ3) is 6.51. The second-order valence-electron chi connectivity index (χ2n) is 7.40. The Morgan fingerprint density at radius 1 is 1.17 bits per heavy atom. The van der Waals surface area contributed by atoms with Gasteiger partial charge in [0.05, 0.1) is 5.75 Å². The third-order valence-electron chi connectivity index (χ3n) is 3.39. The third-order valence-corrected chi connectivity index (χ3v) is 4.54. The summed E-state index contributed by atoms with van der Waals surface area (Å²) in [6, 6.07) is 6.84. The fraction of sp³-hybridized carbons (Fsp3) is 0.611. The van der Waals surface area contributed by atoms with Crippen LogP contribution in [-0.4, -0.2) is 31.5 Å². The van der Waals surface area contributed by atoms with E-state index in [9.17, 15) is 13.2 Å². The summed E-state index contributed by atoms with van der Waals surface area (Å²) in [5.41, 5.74) is 0.502. The zero-order chi connectivity index (χ0) is 18.5. The van der Waals surface area contributed by atoms with Crippen molar-refractivity contribution in [3.8, 4) is 5.75 Å². The van der Waals surface area contributed by atoms with Crippen molar-refractivity contribution < 1.29 is 17.4 Å². The lowest BCUT2D eigenvalue weighted by Gasteiger charge is -2.31. The fourth-order valence-electron chi connectivity index (χ4n) is 2.21. The molecule has 24 heavy (non-hydrogen) atoms. The Hall–Kier alpha value is -1.56. The van der Waals surface area contributed by atoms with E-state index in [1.54, 1.807) is 24.3 Å². The van der Waals surface area contributed by atoms with E-state index in [0.717, 1.165) is 5.56 Å². The first kappa shape index (κ1) is 20.5. The van der Waals surface area contributed by atoms with Gasteiger partial charge < -0.3 is 9.08 Å². The number of hydrogen-bond acceptors (Lipinski definition) is 4. The number of nitrogens with zero attached hydrogens (tertiary/aromatic N) is 1. The predicted octanol–water partition coefficient (Wildman–Crippen LogP) is 3.45. The molecule has 1 amide bonds. The van der Waals surface area contributed by atoms with E-state index in [-0.39, 0.29) is 17.4 Å². The van der Waals surface area contributed by atoms with Gasteiger partial charge in [0, 0.05) is 18.5 Å². The second kappa shape index (κ2) is 8.01. The summed E-state index contributed by atoms with van der Waals surface area (Å²) >= 11 is 0. The molecule has 0 aromatic heterocycles. The molecule has 136 valence electrons. The Morgan fingerprint density at radius 3 is 2.12 bits per heavy atom. The molecule has 0 fully saturated rings. The lowest BCUT2D eigenvalue weighted by molar-refractivity contribution is -0.140. The summed E-state index contributed by atoms with van der Waals surface area (Å²) < 4.78 is 27.9. The Balaban J connectivity index is 2.89. The molecule has 0 unspecified atom stereocenters. The summed E-state index contributed by atoms with van der Waals surface area (Å²) in [4.78, 5) is 14.5. The highest BCUT2D eigenvalue weighted by atomic mass is 32.2. The van der Waals surface area contributed by atoms with Gasteiger partial charge in [0.15, 0.2) is 0 Å². The molecule has 0 aliphatic rings. The maximum absolute atomic E-state index is 12.6. The highest BCUT2D eigenvalue weighted by Gasteiger charge is 2.27. The molecule has 5 nitrogen and oxygen atoms in total. The van der Waals surface area contributed by atoms with Crippen molar-refractivity contribution in [1.29, 1.82) is 0 Å². The van der Waals surface area contributed by atoms with Crippen molar-refractivity contribution in [1.82, 2.24) is 4.90 Å². The number of hydrogen-bond donors (Lipinski definition) is 0. The van der Waals surface area contributed by atoms with Crippen LogP contribution in [0.1, 0.15) is 47.1 Å². The first-order valence-electron chi connectivity index (χ1n) is 8.25. The van der Waals surface area contributed by atoms with Gasteiger partial charge in [0.25, 0.3) is 0 Å². The van der Waals surface area contributed by atoms with E-state index in [0.29, 0.717) is 19.0 Å². The SMILES string of the molecule is CCS(=O)(=O)Oc1ccc(CN(CC(C)C)C(=O)C(C)(C)C)cc1. The predicted molar refractivity (Wildman–Crippen MR) is 96.2 cm³/mol. The summed E-state index contributed by atoms with van der Waals surface area (Å²) in [5, 5.41) is 0. The minimum Gasteiger partial charge on any atom is -0.382 e. The number of rotatable bonds is 7. The number of carbonyl (C=O) groups is 1. The molecule has 1 rings (SSSR count). The van der Waals surface area contributed by atoms with E-state index in [1.807, 2.05) is 25.7 Å². The van der Waals surface area contributed by atoms with Gasteiger partial charge in [-0.25, -0.2) is 0 Å². The standard InChI is InChI=1S/C18H29NO4S/c1-7-24(21,22)23-16-10-8-15(9-11-16)13-19(12-14(2)3)17(20)18(4,5)6/h8-11,14H,7,12-13H2,1-6H3. The average Bonchev–Trinajstić information content (AvgIpc) is 2.46. The minimum atomic E-state index is -3.52. The van der Waals surface area contributed by atoms with Crippen LogP contribution >= 0.6 is 0 Å². The smallest absolute Gasteiger partial charge is 0.308 e. The largest absolute Gasteiger partial charge is 0.382 e. The van der Waals surface area contributed by atoms with Crippen LogP contribution in [0.5, 0.6) is 5.75 Å². The van der Waals surface area contributed by atoms with E-state index >= 15 is 0 Å². The normalized spacial score (nSPS) is 12.3. The Morgan fingerprint density at radius 2 is 1.71 bits per heavy atom. The van der Waals surface area contributed by atoms with Crippen molar-refractivity contribution in [2.24, 2.45) is 11.3 Å². The number of carbonyl (C=O) groups excluding carboxylic acids is 1. The molecule has 0 N–H and O–H groups in total. The Labute approximate surface area is 146 Å². The van der Waals surface area contributed by atoms with Crippen LogP contribution in [0.25, 0.3) is 0 Å². The van der Waals surface area contributed by atoms with Crippen molar-refractivity contribution in [2.45, 2.75) is 48.1 Å². The summed E-state index contributed by atoms with van der Waals surface area (Å²) in [6.07, 6.45) is 0. The Kier molecular flexibility index (Phi) is 6.84. The first-order valence-corrected chi connectivity index (χ1v) is 9.83. The highest BCUT2D eigenvalue weighted by molar-refractivity contribution is 7.87. The van der Waals surface area contributed by atoms with E-state index in [4.69, 9.17) is 4.18 Å². The average molecular weight is 356 g/mol. The maximum atomic E-state index is 12.6. The maximum Gasteiger partial charge on any atom is 0.308 e. The quantitative estimate of drug-likeness (QED) is 0.703. The van der Waals surface area contributed by atoms with Crippen molar-refractivity contribution in [3.63, 3.8) is 0 Å². The van der Waals surface area contributed by atoms with Gasteiger partial charge >= 0.3 is 10.1 Å². The zero-order valence-electron chi connectivity index (χ0n) is 15.5. The molecule has 0 aliphatic carbocycles. The lowest BCUT2D eigenvalue weighted by atomic mass is 9.94. The fourth-order valence-corrected chi connectivity index (χ4v) is 2.73. The lowest BCUT2D eigenvalue weighted by Crippen LogP contribution is -2.41. The molecule has 0 bridgehead atoms. The van der Waals surface area contributed by atoms with Gasteiger partial charge in [0.2, 0.25) is 5.91 Å². The van der Waals surface area contributed by atoms with E-state index in [1.165, 1.54) is 6.92 Å². The molecular formula is C18H29NO4S. The number of benzene rings is 1. The molecule has 0 saturated heterocycles. The molecule has 6 heteroatoms. The molecule has 1 aromatic rings. The van der Waals surface area contributed by atoms with Gasteiger partial charge in [-0.15, -0.1) is 0 Å².